The molecule has 0 saturated heterocycles. The molecule has 68 valence electrons. The molecule has 1 rings (SSSR count). The zero-order chi connectivity index (χ0) is 9.35. The van der Waals surface area contributed by atoms with E-state index in [4.69, 9.17) is 9.66 Å². The minimum absolute atomic E-state index is 0. The first-order chi connectivity index (χ1) is 5.41. The van der Waals surface area contributed by atoms with E-state index >= 15 is 0 Å². The molecule has 0 amide bonds. The van der Waals surface area contributed by atoms with Crippen molar-refractivity contribution < 1.29 is 22.5 Å². The molecule has 0 aliphatic heterocycles. The molecule has 0 aliphatic rings. The molecule has 0 spiro atoms. The van der Waals surface area contributed by atoms with Crippen molar-refractivity contribution in [1.29, 1.82) is 0 Å². The predicted molar refractivity (Wildman–Crippen MR) is 45.0 cm³/mol. The van der Waals surface area contributed by atoms with Crippen molar-refractivity contribution in [3.63, 3.8) is 0 Å². The van der Waals surface area contributed by atoms with Crippen molar-refractivity contribution in [2.75, 3.05) is 0 Å². The molecular weight excluding hydrogens is 210 g/mol. The number of rotatable bonds is 1. The van der Waals surface area contributed by atoms with Crippen LogP contribution in [0.25, 0.3) is 0 Å². The molecule has 7 heteroatoms. The molecule has 0 fully saturated rings. The Labute approximate surface area is 96.4 Å². The second-order valence-corrected chi connectivity index (χ2v) is 3.48. The summed E-state index contributed by atoms with van der Waals surface area (Å²) in [6.45, 7) is 0. The van der Waals surface area contributed by atoms with Gasteiger partial charge in [0.1, 0.15) is 16.5 Å². The maximum atomic E-state index is 12.6. The third-order valence-corrected chi connectivity index (χ3v) is 2.08. The number of phenols is 1. The van der Waals surface area contributed by atoms with Crippen LogP contribution in [-0.2, 0) is 10.1 Å². The Kier molecular flexibility index (Phi) is 4.34. The summed E-state index contributed by atoms with van der Waals surface area (Å²) < 4.78 is 41.9. The van der Waals surface area contributed by atoms with E-state index in [0.29, 0.717) is 6.07 Å². The van der Waals surface area contributed by atoms with Crippen molar-refractivity contribution >= 4 is 39.7 Å². The standard InChI is InChI=1S/C6H5FO4S.Na.H/c7-5-3-4(8)1-2-6(5)12(9,10)11;;/h1-3,8H,(H,9,10,11);;. The number of hydrogen-bond acceptors (Lipinski definition) is 3. The summed E-state index contributed by atoms with van der Waals surface area (Å²) in [6, 6.07) is 2.34. The molecule has 0 aliphatic carbocycles. The Morgan fingerprint density at radius 2 is 1.85 bits per heavy atom. The Morgan fingerprint density at radius 1 is 1.31 bits per heavy atom. The van der Waals surface area contributed by atoms with E-state index < -0.39 is 26.6 Å². The number of aromatic hydroxyl groups is 1. The molecule has 0 atom stereocenters. The van der Waals surface area contributed by atoms with Gasteiger partial charge in [0.15, 0.2) is 0 Å². The van der Waals surface area contributed by atoms with Gasteiger partial charge in [-0.25, -0.2) is 4.39 Å². The van der Waals surface area contributed by atoms with E-state index in [1.54, 1.807) is 0 Å². The fraction of sp³-hybridized carbons (Fsp3) is 0. The van der Waals surface area contributed by atoms with Crippen LogP contribution >= 0.6 is 0 Å². The summed E-state index contributed by atoms with van der Waals surface area (Å²) in [4.78, 5) is -0.847. The quantitative estimate of drug-likeness (QED) is 0.517. The summed E-state index contributed by atoms with van der Waals surface area (Å²) in [6.07, 6.45) is 0. The molecule has 1 aromatic rings. The minimum atomic E-state index is -4.54. The molecular formula is C6H6FNaO4S. The predicted octanol–water partition coefficient (Wildman–Crippen LogP) is 0.130. The van der Waals surface area contributed by atoms with Gasteiger partial charge >= 0.3 is 29.6 Å². The topological polar surface area (TPSA) is 74.6 Å². The summed E-state index contributed by atoms with van der Waals surface area (Å²) in [5.41, 5.74) is 0. The van der Waals surface area contributed by atoms with E-state index in [9.17, 15) is 12.8 Å². The van der Waals surface area contributed by atoms with Gasteiger partial charge in [0.05, 0.1) is 0 Å². The zero-order valence-electron chi connectivity index (χ0n) is 5.73. The second kappa shape index (κ2) is 4.39. The number of phenolic OH excluding ortho intramolecular Hbond substituents is 1. The Bertz CT molecular complexity index is 403. The molecule has 4 nitrogen and oxygen atoms in total. The fourth-order valence-corrected chi connectivity index (χ4v) is 1.24. The van der Waals surface area contributed by atoms with E-state index in [1.807, 2.05) is 0 Å². The SMILES string of the molecule is O=S(=O)(O)c1ccc(O)cc1F.[NaH]. The van der Waals surface area contributed by atoms with Crippen LogP contribution < -0.4 is 0 Å². The van der Waals surface area contributed by atoms with Crippen molar-refractivity contribution in [2.45, 2.75) is 4.90 Å². The Balaban J connectivity index is 0.00000144. The van der Waals surface area contributed by atoms with E-state index in [-0.39, 0.29) is 29.6 Å². The van der Waals surface area contributed by atoms with Gasteiger partial charge in [0.25, 0.3) is 10.1 Å². The summed E-state index contributed by atoms with van der Waals surface area (Å²) in [5.74, 6) is -1.59. The van der Waals surface area contributed by atoms with Crippen molar-refractivity contribution in [2.24, 2.45) is 0 Å². The number of benzene rings is 1. The average molecular weight is 216 g/mol. The number of halogens is 1. The molecule has 2 N–H and O–H groups in total. The van der Waals surface area contributed by atoms with Gasteiger partial charge in [-0.3, -0.25) is 4.55 Å². The zero-order valence-corrected chi connectivity index (χ0v) is 6.55. The van der Waals surface area contributed by atoms with E-state index in [2.05, 4.69) is 0 Å². The van der Waals surface area contributed by atoms with Crippen LogP contribution in [-0.4, -0.2) is 47.6 Å². The van der Waals surface area contributed by atoms with Crippen LogP contribution in [0.3, 0.4) is 0 Å². The van der Waals surface area contributed by atoms with Crippen molar-refractivity contribution in [3.8, 4) is 5.75 Å². The van der Waals surface area contributed by atoms with Crippen LogP contribution in [0.2, 0.25) is 0 Å². The van der Waals surface area contributed by atoms with Gasteiger partial charge in [-0.1, -0.05) is 0 Å². The maximum absolute atomic E-state index is 12.6. The van der Waals surface area contributed by atoms with Gasteiger partial charge in [-0.15, -0.1) is 0 Å². The summed E-state index contributed by atoms with van der Waals surface area (Å²) in [7, 11) is -4.54. The summed E-state index contributed by atoms with van der Waals surface area (Å²) in [5, 5.41) is 8.69. The second-order valence-electron chi connectivity index (χ2n) is 2.09. The summed E-state index contributed by atoms with van der Waals surface area (Å²) >= 11 is 0. The van der Waals surface area contributed by atoms with Gasteiger partial charge in [0.2, 0.25) is 0 Å². The first-order valence-corrected chi connectivity index (χ1v) is 4.31. The van der Waals surface area contributed by atoms with Crippen molar-refractivity contribution in [3.05, 3.63) is 24.0 Å². The fourth-order valence-electron chi connectivity index (χ4n) is 0.699. The molecule has 1 aromatic carbocycles. The molecule has 0 heterocycles. The molecule has 0 saturated carbocycles. The Hall–Kier alpha value is -0.140. The monoisotopic (exact) mass is 216 g/mol. The first kappa shape index (κ1) is 12.9. The number of hydrogen-bond donors (Lipinski definition) is 2. The van der Waals surface area contributed by atoms with Crippen LogP contribution in [0.1, 0.15) is 0 Å². The van der Waals surface area contributed by atoms with E-state index in [1.165, 1.54) is 0 Å². The Morgan fingerprint density at radius 3 is 2.23 bits per heavy atom. The molecule has 0 radical (unpaired) electrons. The first-order valence-electron chi connectivity index (χ1n) is 2.87. The van der Waals surface area contributed by atoms with Crippen LogP contribution in [0.15, 0.2) is 23.1 Å². The molecule has 0 unspecified atom stereocenters. The van der Waals surface area contributed by atoms with Crippen LogP contribution in [0.5, 0.6) is 5.75 Å². The van der Waals surface area contributed by atoms with Gasteiger partial charge in [-0.05, 0) is 12.1 Å². The normalized spacial score (nSPS) is 10.6. The van der Waals surface area contributed by atoms with E-state index in [0.717, 1.165) is 12.1 Å². The third kappa shape index (κ3) is 3.24. The van der Waals surface area contributed by atoms with Gasteiger partial charge in [0, 0.05) is 6.07 Å². The van der Waals surface area contributed by atoms with Gasteiger partial charge < -0.3 is 5.11 Å². The third-order valence-electron chi connectivity index (χ3n) is 1.19. The molecule has 13 heavy (non-hydrogen) atoms. The molecule has 0 aromatic heterocycles. The molecule has 0 bridgehead atoms. The van der Waals surface area contributed by atoms with Crippen LogP contribution in [0.4, 0.5) is 4.39 Å². The van der Waals surface area contributed by atoms with Gasteiger partial charge in [-0.2, -0.15) is 8.42 Å². The van der Waals surface area contributed by atoms with Crippen LogP contribution in [0, 0.1) is 5.82 Å². The average Bonchev–Trinajstić information content (AvgIpc) is 1.83. The van der Waals surface area contributed by atoms with Crippen molar-refractivity contribution in [1.82, 2.24) is 0 Å².